The van der Waals surface area contributed by atoms with Gasteiger partial charge in [0.1, 0.15) is 18.1 Å². The number of carbonyl (C=O) groups is 4. The van der Waals surface area contributed by atoms with E-state index in [0.29, 0.717) is 6.42 Å². The zero-order valence-electron chi connectivity index (χ0n) is 19.5. The number of piperazine rings is 1. The van der Waals surface area contributed by atoms with Gasteiger partial charge < -0.3 is 21.1 Å². The summed E-state index contributed by atoms with van der Waals surface area (Å²) in [5.74, 6) is -2.68. The summed E-state index contributed by atoms with van der Waals surface area (Å²) in [4.78, 5) is 49.4. The zero-order chi connectivity index (χ0) is 25.5. The molecule has 4 rings (SSSR count). The summed E-state index contributed by atoms with van der Waals surface area (Å²) in [5, 5.41) is 17.3. The van der Waals surface area contributed by atoms with Crippen molar-refractivity contribution in [1.82, 2.24) is 16.0 Å². The second-order valence-corrected chi connectivity index (χ2v) is 8.74. The fraction of sp³-hybridized carbons (Fsp3) is 0.214. The van der Waals surface area contributed by atoms with Gasteiger partial charge in [-0.1, -0.05) is 84.9 Å². The number of benzene rings is 3. The highest BCUT2D eigenvalue weighted by Gasteiger charge is 2.35. The molecule has 3 amide bonds. The van der Waals surface area contributed by atoms with Gasteiger partial charge in [0.15, 0.2) is 0 Å². The number of carbonyl (C=O) groups excluding carboxylic acids is 3. The van der Waals surface area contributed by atoms with Crippen LogP contribution in [0.5, 0.6) is 0 Å². The summed E-state index contributed by atoms with van der Waals surface area (Å²) in [6.07, 6.45) is 0.0619. The Hall–Kier alpha value is -4.46. The quantitative estimate of drug-likeness (QED) is 0.369. The Labute approximate surface area is 208 Å². The lowest BCUT2D eigenvalue weighted by Crippen LogP contribution is -2.63. The number of carboxylic acids is 1. The number of rotatable bonds is 9. The number of nitrogens with one attached hydrogen (secondary N) is 3. The normalized spacial score (nSPS) is 18.0. The molecule has 1 fully saturated rings. The highest BCUT2D eigenvalue weighted by atomic mass is 16.4. The maximum Gasteiger partial charge on any atom is 0.326 e. The predicted octanol–water partition coefficient (Wildman–Crippen LogP) is 2.08. The van der Waals surface area contributed by atoms with E-state index in [0.717, 1.165) is 22.3 Å². The molecule has 184 valence electrons. The van der Waals surface area contributed by atoms with Gasteiger partial charge in [0, 0.05) is 12.8 Å². The van der Waals surface area contributed by atoms with Crippen LogP contribution in [-0.2, 0) is 32.0 Å². The number of hydrogen-bond acceptors (Lipinski definition) is 4. The molecule has 0 bridgehead atoms. The van der Waals surface area contributed by atoms with Crippen LogP contribution in [0.3, 0.4) is 0 Å². The van der Waals surface area contributed by atoms with Crippen LogP contribution in [0.1, 0.15) is 17.5 Å². The monoisotopic (exact) mass is 485 g/mol. The van der Waals surface area contributed by atoms with Crippen LogP contribution in [0.15, 0.2) is 84.9 Å². The van der Waals surface area contributed by atoms with Crippen LogP contribution in [0.2, 0.25) is 0 Å². The molecule has 0 unspecified atom stereocenters. The molecule has 0 aliphatic carbocycles. The summed E-state index contributed by atoms with van der Waals surface area (Å²) in [7, 11) is 0. The SMILES string of the molecule is O=C(C[C@@H]1NC(=O)[C@H](Cc2ccccc2)NC1=O)N[C@@H](Cc1ccc(-c2ccccc2)cc1)C(=O)O. The van der Waals surface area contributed by atoms with E-state index in [1.165, 1.54) is 0 Å². The number of amides is 3. The summed E-state index contributed by atoms with van der Waals surface area (Å²) in [6.45, 7) is 0. The topological polar surface area (TPSA) is 125 Å². The predicted molar refractivity (Wildman–Crippen MR) is 134 cm³/mol. The first-order valence-electron chi connectivity index (χ1n) is 11.7. The van der Waals surface area contributed by atoms with Gasteiger partial charge in [0.25, 0.3) is 0 Å². The maximum absolute atomic E-state index is 12.6. The van der Waals surface area contributed by atoms with Crippen molar-refractivity contribution >= 4 is 23.7 Å². The first kappa shape index (κ1) is 24.7. The van der Waals surface area contributed by atoms with Crippen molar-refractivity contribution < 1.29 is 24.3 Å². The van der Waals surface area contributed by atoms with Crippen molar-refractivity contribution in [3.63, 3.8) is 0 Å². The molecular formula is C28H27N3O5. The third kappa shape index (κ3) is 6.35. The summed E-state index contributed by atoms with van der Waals surface area (Å²) in [5.41, 5.74) is 3.69. The maximum atomic E-state index is 12.6. The average molecular weight is 486 g/mol. The third-order valence-corrected chi connectivity index (χ3v) is 6.07. The van der Waals surface area contributed by atoms with Crippen molar-refractivity contribution in [2.45, 2.75) is 37.4 Å². The molecule has 1 heterocycles. The number of hydrogen-bond donors (Lipinski definition) is 4. The summed E-state index contributed by atoms with van der Waals surface area (Å²) in [6, 6.07) is 23.6. The Morgan fingerprint density at radius 2 is 1.31 bits per heavy atom. The summed E-state index contributed by atoms with van der Waals surface area (Å²) >= 11 is 0. The first-order chi connectivity index (χ1) is 17.4. The van der Waals surface area contributed by atoms with Crippen molar-refractivity contribution in [2.24, 2.45) is 0 Å². The lowest BCUT2D eigenvalue weighted by molar-refractivity contribution is -0.142. The Morgan fingerprint density at radius 3 is 1.94 bits per heavy atom. The van der Waals surface area contributed by atoms with E-state index >= 15 is 0 Å². The van der Waals surface area contributed by atoms with Gasteiger partial charge in [0.05, 0.1) is 6.42 Å². The highest BCUT2D eigenvalue weighted by Crippen LogP contribution is 2.20. The Kier molecular flexibility index (Phi) is 7.75. The van der Waals surface area contributed by atoms with Crippen LogP contribution in [0, 0.1) is 0 Å². The molecule has 3 aromatic carbocycles. The zero-order valence-corrected chi connectivity index (χ0v) is 19.5. The molecule has 3 aromatic rings. The lowest BCUT2D eigenvalue weighted by Gasteiger charge is -2.29. The van der Waals surface area contributed by atoms with Crippen molar-refractivity contribution in [2.75, 3.05) is 0 Å². The Balaban J connectivity index is 1.32. The minimum Gasteiger partial charge on any atom is -0.480 e. The minimum atomic E-state index is -1.18. The fourth-order valence-electron chi connectivity index (χ4n) is 4.15. The lowest BCUT2D eigenvalue weighted by atomic mass is 9.99. The molecule has 3 atom stereocenters. The van der Waals surface area contributed by atoms with Crippen LogP contribution in [0.4, 0.5) is 0 Å². The van der Waals surface area contributed by atoms with Gasteiger partial charge in [-0.05, 0) is 22.3 Å². The molecular weight excluding hydrogens is 458 g/mol. The molecule has 0 spiro atoms. The van der Waals surface area contributed by atoms with E-state index in [-0.39, 0.29) is 18.7 Å². The second-order valence-electron chi connectivity index (χ2n) is 8.74. The van der Waals surface area contributed by atoms with E-state index in [4.69, 9.17) is 0 Å². The van der Waals surface area contributed by atoms with E-state index in [2.05, 4.69) is 16.0 Å². The average Bonchev–Trinajstić information content (AvgIpc) is 2.88. The third-order valence-electron chi connectivity index (χ3n) is 6.07. The van der Waals surface area contributed by atoms with Gasteiger partial charge in [-0.25, -0.2) is 4.79 Å². The minimum absolute atomic E-state index is 0.0819. The molecule has 0 aromatic heterocycles. The Bertz CT molecular complexity index is 1230. The van der Waals surface area contributed by atoms with Crippen molar-refractivity contribution in [3.8, 4) is 11.1 Å². The molecule has 1 aliphatic heterocycles. The molecule has 1 aliphatic rings. The molecule has 8 heteroatoms. The summed E-state index contributed by atoms with van der Waals surface area (Å²) < 4.78 is 0. The second kappa shape index (κ2) is 11.3. The van der Waals surface area contributed by atoms with Gasteiger partial charge in [-0.2, -0.15) is 0 Å². The molecule has 8 nitrogen and oxygen atoms in total. The molecule has 0 saturated carbocycles. The van der Waals surface area contributed by atoms with Gasteiger partial charge in [-0.15, -0.1) is 0 Å². The van der Waals surface area contributed by atoms with Crippen LogP contribution in [0.25, 0.3) is 11.1 Å². The van der Waals surface area contributed by atoms with Crippen LogP contribution in [-0.4, -0.2) is 46.9 Å². The van der Waals surface area contributed by atoms with Gasteiger partial charge in [0.2, 0.25) is 17.7 Å². The van der Waals surface area contributed by atoms with Crippen LogP contribution < -0.4 is 16.0 Å². The molecule has 1 saturated heterocycles. The van der Waals surface area contributed by atoms with Gasteiger partial charge >= 0.3 is 5.97 Å². The van der Waals surface area contributed by atoms with E-state index < -0.39 is 35.9 Å². The molecule has 36 heavy (non-hydrogen) atoms. The molecule has 4 N–H and O–H groups in total. The van der Waals surface area contributed by atoms with E-state index in [9.17, 15) is 24.3 Å². The van der Waals surface area contributed by atoms with Crippen molar-refractivity contribution in [1.29, 1.82) is 0 Å². The van der Waals surface area contributed by atoms with Gasteiger partial charge in [-0.3, -0.25) is 14.4 Å². The van der Waals surface area contributed by atoms with E-state index in [1.54, 1.807) is 0 Å². The highest BCUT2D eigenvalue weighted by molar-refractivity contribution is 5.99. The first-order valence-corrected chi connectivity index (χ1v) is 11.7. The van der Waals surface area contributed by atoms with E-state index in [1.807, 2.05) is 84.9 Å². The standard InChI is InChI=1S/C28H27N3O5/c32-25(17-23-27(34)30-22(26(33)31-23)15-18-7-3-1-4-8-18)29-24(28(35)36)16-19-11-13-21(14-12-19)20-9-5-2-6-10-20/h1-14,22-24H,15-17H2,(H,29,32)(H,30,34)(H,31,33)(H,35,36)/t22-,23-,24-/m0/s1. The number of aliphatic carboxylic acids is 1. The van der Waals surface area contributed by atoms with Crippen molar-refractivity contribution in [3.05, 3.63) is 96.1 Å². The Morgan fingerprint density at radius 1 is 0.750 bits per heavy atom. The van der Waals surface area contributed by atoms with Crippen LogP contribution >= 0.6 is 0 Å². The smallest absolute Gasteiger partial charge is 0.326 e. The molecule has 0 radical (unpaired) electrons. The largest absolute Gasteiger partial charge is 0.480 e. The fourth-order valence-corrected chi connectivity index (χ4v) is 4.15. The number of carboxylic acid groups (broad SMARTS) is 1.